The van der Waals surface area contributed by atoms with E-state index in [4.69, 9.17) is 0 Å². The van der Waals surface area contributed by atoms with Gasteiger partial charge in [0.1, 0.15) is 0 Å². The average molecular weight is 345 g/mol. The van der Waals surface area contributed by atoms with E-state index in [2.05, 4.69) is 43.1 Å². The number of nitrogens with zero attached hydrogens (tertiary/aromatic N) is 1. The third-order valence-corrected chi connectivity index (χ3v) is 7.27. The third kappa shape index (κ3) is 3.79. The summed E-state index contributed by atoms with van der Waals surface area (Å²) in [6.07, 6.45) is 13.9. The largest absolute Gasteiger partial charge is 0.388 e. The number of nitrogens with one attached hydrogen (secondary N) is 1. The fourth-order valence-electron chi connectivity index (χ4n) is 5.50. The maximum Gasteiger partial charge on any atom is 0.0787 e. The van der Waals surface area contributed by atoms with Crippen LogP contribution >= 0.6 is 0 Å². The molecule has 3 nitrogen and oxygen atoms in total. The van der Waals surface area contributed by atoms with Gasteiger partial charge in [0.05, 0.1) is 6.10 Å². The van der Waals surface area contributed by atoms with Crippen molar-refractivity contribution in [1.29, 1.82) is 0 Å². The van der Waals surface area contributed by atoms with Crippen LogP contribution < -0.4 is 5.43 Å². The van der Waals surface area contributed by atoms with Gasteiger partial charge in [0.2, 0.25) is 0 Å². The topological polar surface area (TPSA) is 35.5 Å². The van der Waals surface area contributed by atoms with E-state index in [0.29, 0.717) is 5.41 Å². The molecule has 0 aromatic heterocycles. The summed E-state index contributed by atoms with van der Waals surface area (Å²) in [5, 5.41) is 12.3. The zero-order chi connectivity index (χ0) is 18.0. The molecule has 0 aromatic carbocycles. The standard InChI is InChI=1S/C22H36N2O/c1-16-17(7-5-9-21(16)25)10-11-18-8-6-14-22(2)19(12-13-20(18)22)15-24(4)23-3/h10-11,19-21,23,25H,1,5-9,12-15H2,2-4H3/b17-10-,18-11+. The molecule has 3 fully saturated rings. The van der Waals surface area contributed by atoms with Gasteiger partial charge in [-0.1, -0.05) is 31.2 Å². The molecular formula is C22H36N2O. The predicted molar refractivity (Wildman–Crippen MR) is 105 cm³/mol. The smallest absolute Gasteiger partial charge is 0.0787 e. The molecule has 0 bridgehead atoms. The van der Waals surface area contributed by atoms with Gasteiger partial charge in [0, 0.05) is 13.6 Å². The number of hydrogen-bond donors (Lipinski definition) is 2. The van der Waals surface area contributed by atoms with Gasteiger partial charge in [-0.05, 0) is 86.8 Å². The summed E-state index contributed by atoms with van der Waals surface area (Å²) < 4.78 is 0. The predicted octanol–water partition coefficient (Wildman–Crippen LogP) is 4.22. The Bertz CT molecular complexity index is 564. The molecule has 3 aliphatic carbocycles. The van der Waals surface area contributed by atoms with Gasteiger partial charge < -0.3 is 5.11 Å². The van der Waals surface area contributed by atoms with E-state index < -0.39 is 0 Å². The molecule has 0 aromatic rings. The second kappa shape index (κ2) is 7.77. The third-order valence-electron chi connectivity index (χ3n) is 7.27. The lowest BCUT2D eigenvalue weighted by Crippen LogP contribution is -2.42. The van der Waals surface area contributed by atoms with Gasteiger partial charge in [0.15, 0.2) is 0 Å². The Balaban J connectivity index is 1.76. The second-order valence-corrected chi connectivity index (χ2v) is 8.66. The Labute approximate surface area is 153 Å². The normalized spacial score (nSPS) is 39.4. The molecule has 0 aliphatic heterocycles. The first kappa shape index (κ1) is 18.9. The minimum Gasteiger partial charge on any atom is -0.388 e. The molecule has 3 rings (SSSR count). The Kier molecular flexibility index (Phi) is 5.87. The van der Waals surface area contributed by atoms with Crippen molar-refractivity contribution >= 4 is 0 Å². The molecule has 4 atom stereocenters. The van der Waals surface area contributed by atoms with Gasteiger partial charge >= 0.3 is 0 Å². The summed E-state index contributed by atoms with van der Waals surface area (Å²) in [5.41, 5.74) is 7.56. The highest BCUT2D eigenvalue weighted by atomic mass is 16.3. The molecule has 0 heterocycles. The molecule has 0 spiro atoms. The Morgan fingerprint density at radius 1 is 1.24 bits per heavy atom. The van der Waals surface area contributed by atoms with Gasteiger partial charge in [-0.3, -0.25) is 5.43 Å². The lowest BCUT2D eigenvalue weighted by Gasteiger charge is -2.43. The van der Waals surface area contributed by atoms with Crippen LogP contribution in [-0.2, 0) is 0 Å². The minimum absolute atomic E-state index is 0.331. The highest BCUT2D eigenvalue weighted by Gasteiger charge is 2.49. The van der Waals surface area contributed by atoms with E-state index in [1.165, 1.54) is 37.7 Å². The van der Waals surface area contributed by atoms with Crippen molar-refractivity contribution in [2.24, 2.45) is 17.3 Å². The van der Waals surface area contributed by atoms with Crippen LogP contribution in [-0.4, -0.2) is 36.9 Å². The first-order chi connectivity index (χ1) is 12.0. The summed E-state index contributed by atoms with van der Waals surface area (Å²) in [6, 6.07) is 0. The summed E-state index contributed by atoms with van der Waals surface area (Å²) in [7, 11) is 4.17. The molecule has 3 saturated carbocycles. The molecule has 2 N–H and O–H groups in total. The molecule has 140 valence electrons. The number of aliphatic hydroxyl groups excluding tert-OH is 1. The minimum atomic E-state index is -0.331. The molecule has 3 aliphatic rings. The Hall–Kier alpha value is -0.900. The molecule has 0 radical (unpaired) electrons. The molecule has 25 heavy (non-hydrogen) atoms. The van der Waals surface area contributed by atoms with Crippen molar-refractivity contribution in [1.82, 2.24) is 10.4 Å². The van der Waals surface area contributed by atoms with Crippen LogP contribution in [0, 0.1) is 17.3 Å². The van der Waals surface area contributed by atoms with Crippen LogP contribution in [0.2, 0.25) is 0 Å². The van der Waals surface area contributed by atoms with E-state index in [0.717, 1.165) is 43.2 Å². The molecular weight excluding hydrogens is 308 g/mol. The summed E-state index contributed by atoms with van der Waals surface area (Å²) in [6.45, 7) is 7.78. The first-order valence-electron chi connectivity index (χ1n) is 10.1. The number of hydrazine groups is 1. The number of allylic oxidation sites excluding steroid dienone is 3. The number of aliphatic hydroxyl groups is 1. The van der Waals surface area contributed by atoms with Crippen LogP contribution in [0.4, 0.5) is 0 Å². The molecule has 0 saturated heterocycles. The van der Waals surface area contributed by atoms with E-state index in [1.807, 2.05) is 7.05 Å². The fraction of sp³-hybridized carbons (Fsp3) is 0.727. The van der Waals surface area contributed by atoms with Crippen molar-refractivity contribution in [3.63, 3.8) is 0 Å². The van der Waals surface area contributed by atoms with Crippen molar-refractivity contribution in [3.8, 4) is 0 Å². The summed E-state index contributed by atoms with van der Waals surface area (Å²) in [5.74, 6) is 1.51. The second-order valence-electron chi connectivity index (χ2n) is 8.66. The van der Waals surface area contributed by atoms with Gasteiger partial charge in [-0.15, -0.1) is 0 Å². The quantitative estimate of drug-likeness (QED) is 0.750. The van der Waals surface area contributed by atoms with Crippen LogP contribution in [0.15, 0.2) is 35.5 Å². The molecule has 4 unspecified atom stereocenters. The zero-order valence-corrected chi connectivity index (χ0v) is 16.4. The first-order valence-corrected chi connectivity index (χ1v) is 10.1. The van der Waals surface area contributed by atoms with Crippen molar-refractivity contribution < 1.29 is 5.11 Å². The van der Waals surface area contributed by atoms with Gasteiger partial charge in [-0.25, -0.2) is 5.01 Å². The summed E-state index contributed by atoms with van der Waals surface area (Å²) in [4.78, 5) is 0. The van der Waals surface area contributed by atoms with Crippen molar-refractivity contribution in [2.45, 2.75) is 64.4 Å². The SMILES string of the molecule is C=C1/C(=C\C=C2/CCCC3(C)C(CN(C)NC)CCC23)CCCC1O. The van der Waals surface area contributed by atoms with E-state index in [1.54, 1.807) is 5.57 Å². The Morgan fingerprint density at radius 3 is 2.80 bits per heavy atom. The number of fused-ring (bicyclic) bond motifs is 1. The monoisotopic (exact) mass is 344 g/mol. The van der Waals surface area contributed by atoms with Crippen LogP contribution in [0.5, 0.6) is 0 Å². The van der Waals surface area contributed by atoms with E-state index in [-0.39, 0.29) is 6.10 Å². The van der Waals surface area contributed by atoms with Gasteiger partial charge in [0.25, 0.3) is 0 Å². The summed E-state index contributed by atoms with van der Waals surface area (Å²) >= 11 is 0. The highest BCUT2D eigenvalue weighted by Crippen LogP contribution is 2.57. The maximum absolute atomic E-state index is 10.0. The van der Waals surface area contributed by atoms with Crippen LogP contribution in [0.25, 0.3) is 0 Å². The zero-order valence-electron chi connectivity index (χ0n) is 16.4. The maximum atomic E-state index is 10.0. The molecule has 3 heteroatoms. The van der Waals surface area contributed by atoms with Crippen LogP contribution in [0.1, 0.15) is 58.3 Å². The highest BCUT2D eigenvalue weighted by molar-refractivity contribution is 5.37. The van der Waals surface area contributed by atoms with E-state index >= 15 is 0 Å². The average Bonchev–Trinajstić information content (AvgIpc) is 2.93. The fourth-order valence-corrected chi connectivity index (χ4v) is 5.50. The van der Waals surface area contributed by atoms with Crippen LogP contribution in [0.3, 0.4) is 0 Å². The molecule has 0 amide bonds. The number of hydrogen-bond acceptors (Lipinski definition) is 3. The van der Waals surface area contributed by atoms with Gasteiger partial charge in [-0.2, -0.15) is 0 Å². The lowest BCUT2D eigenvalue weighted by atomic mass is 9.63. The van der Waals surface area contributed by atoms with Crippen molar-refractivity contribution in [2.75, 3.05) is 20.6 Å². The number of rotatable bonds is 4. The van der Waals surface area contributed by atoms with Crippen molar-refractivity contribution in [3.05, 3.63) is 35.5 Å². The lowest BCUT2D eigenvalue weighted by molar-refractivity contribution is 0.0925. The van der Waals surface area contributed by atoms with E-state index in [9.17, 15) is 5.11 Å². The Morgan fingerprint density at radius 2 is 2.04 bits per heavy atom.